The molecule has 0 radical (unpaired) electrons. The maximum Gasteiger partial charge on any atom is 0.407 e. The van der Waals surface area contributed by atoms with Gasteiger partial charge < -0.3 is 20.7 Å². The maximum atomic E-state index is 12.2. The van der Waals surface area contributed by atoms with Crippen LogP contribution in [0.15, 0.2) is 48.5 Å². The molecule has 2 aromatic rings. The highest BCUT2D eigenvalue weighted by Crippen LogP contribution is 2.15. The van der Waals surface area contributed by atoms with E-state index in [1.165, 1.54) is 0 Å². The van der Waals surface area contributed by atoms with Gasteiger partial charge >= 0.3 is 6.09 Å². The highest BCUT2D eigenvalue weighted by Gasteiger charge is 2.16. The third-order valence-corrected chi connectivity index (χ3v) is 3.76. The predicted molar refractivity (Wildman–Crippen MR) is 113 cm³/mol. The Bertz CT molecular complexity index is 853. The Morgan fingerprint density at radius 2 is 1.41 bits per heavy atom. The van der Waals surface area contributed by atoms with Crippen molar-refractivity contribution in [2.75, 3.05) is 17.2 Å². The summed E-state index contributed by atoms with van der Waals surface area (Å²) >= 11 is 0. The number of aryl methyl sites for hydroxylation is 1. The molecule has 0 fully saturated rings. The first-order valence-electron chi connectivity index (χ1n) is 9.37. The van der Waals surface area contributed by atoms with Crippen LogP contribution in [0.25, 0.3) is 0 Å². The molecule has 0 saturated heterocycles. The van der Waals surface area contributed by atoms with Gasteiger partial charge in [-0.2, -0.15) is 0 Å². The minimum atomic E-state index is -0.580. The molecule has 29 heavy (non-hydrogen) atoms. The molecule has 7 heteroatoms. The standard InChI is InChI=1S/C22H27N3O4/c1-15-5-7-16(8-6-15)20(27)25-18-11-9-17(10-12-18)24-19(26)13-14-23-21(28)29-22(2,3)4/h5-12H,13-14H2,1-4H3,(H,23,28)(H,24,26)(H,25,27). The number of hydrogen-bond donors (Lipinski definition) is 3. The molecule has 0 atom stereocenters. The minimum Gasteiger partial charge on any atom is -0.444 e. The quantitative estimate of drug-likeness (QED) is 0.684. The van der Waals surface area contributed by atoms with Crippen LogP contribution in [0, 0.1) is 6.92 Å². The molecule has 0 aliphatic carbocycles. The first-order valence-corrected chi connectivity index (χ1v) is 9.37. The number of alkyl carbamates (subject to hydrolysis) is 1. The molecular weight excluding hydrogens is 370 g/mol. The van der Waals surface area contributed by atoms with Crippen molar-refractivity contribution in [1.29, 1.82) is 0 Å². The van der Waals surface area contributed by atoms with Crippen molar-refractivity contribution in [3.63, 3.8) is 0 Å². The lowest BCUT2D eigenvalue weighted by atomic mass is 10.1. The van der Waals surface area contributed by atoms with Crippen LogP contribution in [-0.4, -0.2) is 30.1 Å². The fraction of sp³-hybridized carbons (Fsp3) is 0.318. The van der Waals surface area contributed by atoms with E-state index >= 15 is 0 Å². The topological polar surface area (TPSA) is 96.5 Å². The Morgan fingerprint density at radius 1 is 0.862 bits per heavy atom. The van der Waals surface area contributed by atoms with Gasteiger partial charge in [0.1, 0.15) is 5.60 Å². The van der Waals surface area contributed by atoms with Gasteiger partial charge in [-0.15, -0.1) is 0 Å². The fourth-order valence-electron chi connectivity index (χ4n) is 2.36. The van der Waals surface area contributed by atoms with Crippen molar-refractivity contribution in [1.82, 2.24) is 5.32 Å². The molecule has 0 unspecified atom stereocenters. The lowest BCUT2D eigenvalue weighted by Crippen LogP contribution is -2.34. The van der Waals surface area contributed by atoms with Crippen LogP contribution in [0.3, 0.4) is 0 Å². The van der Waals surface area contributed by atoms with E-state index < -0.39 is 11.7 Å². The third kappa shape index (κ3) is 8.04. The van der Waals surface area contributed by atoms with Crippen molar-refractivity contribution < 1.29 is 19.1 Å². The zero-order valence-electron chi connectivity index (χ0n) is 17.2. The lowest BCUT2D eigenvalue weighted by molar-refractivity contribution is -0.116. The zero-order chi connectivity index (χ0) is 21.4. The molecule has 0 aliphatic heterocycles. The maximum absolute atomic E-state index is 12.2. The number of carbonyl (C=O) groups excluding carboxylic acids is 3. The summed E-state index contributed by atoms with van der Waals surface area (Å²) in [4.78, 5) is 35.7. The molecule has 3 N–H and O–H groups in total. The van der Waals surface area contributed by atoms with E-state index in [0.717, 1.165) is 5.56 Å². The van der Waals surface area contributed by atoms with Crippen LogP contribution in [0.5, 0.6) is 0 Å². The first kappa shape index (κ1) is 21.9. The molecule has 0 aromatic heterocycles. The molecule has 0 heterocycles. The SMILES string of the molecule is Cc1ccc(C(=O)Nc2ccc(NC(=O)CCNC(=O)OC(C)(C)C)cc2)cc1. The van der Waals surface area contributed by atoms with E-state index in [1.54, 1.807) is 57.2 Å². The Hall–Kier alpha value is -3.35. The van der Waals surface area contributed by atoms with Crippen LogP contribution >= 0.6 is 0 Å². The molecular formula is C22H27N3O4. The van der Waals surface area contributed by atoms with Gasteiger partial charge in [-0.1, -0.05) is 17.7 Å². The Morgan fingerprint density at radius 3 is 1.97 bits per heavy atom. The number of amides is 3. The highest BCUT2D eigenvalue weighted by molar-refractivity contribution is 6.04. The Labute approximate surface area is 170 Å². The van der Waals surface area contributed by atoms with Crippen LogP contribution in [0.2, 0.25) is 0 Å². The number of nitrogens with one attached hydrogen (secondary N) is 3. The molecule has 154 valence electrons. The number of hydrogen-bond acceptors (Lipinski definition) is 4. The number of rotatable bonds is 6. The van der Waals surface area contributed by atoms with Crippen molar-refractivity contribution in [3.05, 3.63) is 59.7 Å². The van der Waals surface area contributed by atoms with E-state index in [4.69, 9.17) is 4.74 Å². The molecule has 0 saturated carbocycles. The first-order chi connectivity index (χ1) is 13.6. The van der Waals surface area contributed by atoms with Gasteiger partial charge in [0, 0.05) is 29.9 Å². The molecule has 2 aromatic carbocycles. The molecule has 7 nitrogen and oxygen atoms in total. The van der Waals surface area contributed by atoms with Gasteiger partial charge in [0.05, 0.1) is 0 Å². The summed E-state index contributed by atoms with van der Waals surface area (Å²) in [5, 5.41) is 8.09. The van der Waals surface area contributed by atoms with E-state index in [-0.39, 0.29) is 24.8 Å². The number of anilines is 2. The molecule has 0 bridgehead atoms. The monoisotopic (exact) mass is 397 g/mol. The van der Waals surface area contributed by atoms with Crippen molar-refractivity contribution >= 4 is 29.3 Å². The second-order valence-corrected chi connectivity index (χ2v) is 7.62. The summed E-state index contributed by atoms with van der Waals surface area (Å²) in [5.74, 6) is -0.437. The van der Waals surface area contributed by atoms with Gasteiger partial charge in [0.2, 0.25) is 5.91 Å². The van der Waals surface area contributed by atoms with Gasteiger partial charge in [-0.05, 0) is 64.1 Å². The largest absolute Gasteiger partial charge is 0.444 e. The highest BCUT2D eigenvalue weighted by atomic mass is 16.6. The second-order valence-electron chi connectivity index (χ2n) is 7.62. The van der Waals surface area contributed by atoms with Gasteiger partial charge in [-0.25, -0.2) is 4.79 Å². The van der Waals surface area contributed by atoms with E-state index in [1.807, 2.05) is 19.1 Å². The molecule has 2 rings (SSSR count). The predicted octanol–water partition coefficient (Wildman–Crippen LogP) is 4.10. The van der Waals surface area contributed by atoms with Crippen LogP contribution in [-0.2, 0) is 9.53 Å². The van der Waals surface area contributed by atoms with E-state index in [9.17, 15) is 14.4 Å². The number of carbonyl (C=O) groups is 3. The number of benzene rings is 2. The summed E-state index contributed by atoms with van der Waals surface area (Å²) < 4.78 is 5.10. The molecule has 0 spiro atoms. The zero-order valence-corrected chi connectivity index (χ0v) is 17.2. The summed E-state index contributed by atoms with van der Waals surface area (Å²) in [7, 11) is 0. The Kier molecular flexibility index (Phi) is 7.36. The lowest BCUT2D eigenvalue weighted by Gasteiger charge is -2.19. The van der Waals surface area contributed by atoms with E-state index in [0.29, 0.717) is 16.9 Å². The van der Waals surface area contributed by atoms with Gasteiger partial charge in [0.15, 0.2) is 0 Å². The van der Waals surface area contributed by atoms with Gasteiger partial charge in [0.25, 0.3) is 5.91 Å². The third-order valence-electron chi connectivity index (χ3n) is 3.76. The van der Waals surface area contributed by atoms with Crippen molar-refractivity contribution in [2.45, 2.75) is 39.7 Å². The fourth-order valence-corrected chi connectivity index (χ4v) is 2.36. The van der Waals surface area contributed by atoms with Crippen molar-refractivity contribution in [2.24, 2.45) is 0 Å². The average molecular weight is 397 g/mol. The van der Waals surface area contributed by atoms with Crippen LogP contribution < -0.4 is 16.0 Å². The van der Waals surface area contributed by atoms with Crippen molar-refractivity contribution in [3.8, 4) is 0 Å². The second kappa shape index (κ2) is 9.73. The summed E-state index contributed by atoms with van der Waals surface area (Å²) in [5.41, 5.74) is 2.30. The smallest absolute Gasteiger partial charge is 0.407 e. The Balaban J connectivity index is 1.78. The molecule has 0 aliphatic rings. The summed E-state index contributed by atoms with van der Waals surface area (Å²) in [6, 6.07) is 14.1. The molecule has 3 amide bonds. The summed E-state index contributed by atoms with van der Waals surface area (Å²) in [6.45, 7) is 7.44. The minimum absolute atomic E-state index is 0.116. The van der Waals surface area contributed by atoms with Gasteiger partial charge in [-0.3, -0.25) is 9.59 Å². The summed E-state index contributed by atoms with van der Waals surface area (Å²) in [6.07, 6.45) is -0.440. The average Bonchev–Trinajstić information content (AvgIpc) is 2.62. The normalized spacial score (nSPS) is 10.8. The van der Waals surface area contributed by atoms with E-state index in [2.05, 4.69) is 16.0 Å². The van der Waals surface area contributed by atoms with Crippen LogP contribution in [0.1, 0.15) is 43.1 Å². The number of ether oxygens (including phenoxy) is 1. The van der Waals surface area contributed by atoms with Crippen LogP contribution in [0.4, 0.5) is 16.2 Å².